The minimum Gasteiger partial charge on any atom is -0.362 e. The number of anilines is 3. The lowest BCUT2D eigenvalue weighted by Gasteiger charge is -2.13. The number of hydrogen-bond acceptors (Lipinski definition) is 7. The van der Waals surface area contributed by atoms with Crippen molar-refractivity contribution >= 4 is 39.1 Å². The summed E-state index contributed by atoms with van der Waals surface area (Å²) in [4.78, 5) is 22.9. The average Bonchev–Trinajstić information content (AvgIpc) is 2.49. The Morgan fingerprint density at radius 3 is 2.64 bits per heavy atom. The van der Waals surface area contributed by atoms with Crippen LogP contribution in [0.4, 0.5) is 23.1 Å². The van der Waals surface area contributed by atoms with Crippen molar-refractivity contribution in [2.75, 3.05) is 10.6 Å². The Morgan fingerprint density at radius 2 is 2.05 bits per heavy atom. The summed E-state index contributed by atoms with van der Waals surface area (Å²) in [5, 5.41) is 17.2. The number of hydrogen-bond donors (Lipinski definition) is 2. The Bertz CT molecular complexity index is 664. The molecule has 0 spiro atoms. The molecule has 22 heavy (non-hydrogen) atoms. The third kappa shape index (κ3) is 3.88. The molecule has 2 rings (SSSR count). The molecule has 0 saturated carbocycles. The van der Waals surface area contributed by atoms with Gasteiger partial charge in [-0.3, -0.25) is 10.1 Å². The van der Waals surface area contributed by atoms with Gasteiger partial charge in [-0.25, -0.2) is 15.0 Å². The van der Waals surface area contributed by atoms with Gasteiger partial charge in [-0.2, -0.15) is 0 Å². The normalized spacial score (nSPS) is 11.8. The molecule has 0 aliphatic heterocycles. The predicted molar refractivity (Wildman–Crippen MR) is 87.3 cm³/mol. The first-order valence-corrected chi connectivity index (χ1v) is 7.45. The van der Waals surface area contributed by atoms with Gasteiger partial charge in [-0.05, 0) is 41.4 Å². The summed E-state index contributed by atoms with van der Waals surface area (Å²) >= 11 is 3.28. The molecule has 2 N–H and O–H groups in total. The van der Waals surface area contributed by atoms with Crippen molar-refractivity contribution in [2.24, 2.45) is 0 Å². The molecule has 1 atom stereocenters. The molecule has 1 unspecified atom stereocenters. The van der Waals surface area contributed by atoms with Crippen molar-refractivity contribution in [3.8, 4) is 0 Å². The van der Waals surface area contributed by atoms with Crippen LogP contribution in [0.15, 0.2) is 29.1 Å². The maximum Gasteiger partial charge on any atom is 0.353 e. The Balaban J connectivity index is 2.36. The molecule has 0 radical (unpaired) electrons. The molecular formula is C13H15BrN6O2. The van der Waals surface area contributed by atoms with Gasteiger partial charge in [0.05, 0.1) is 4.92 Å². The van der Waals surface area contributed by atoms with E-state index in [0.717, 1.165) is 10.9 Å². The number of halogens is 1. The third-order valence-electron chi connectivity index (χ3n) is 2.97. The molecular weight excluding hydrogens is 352 g/mol. The van der Waals surface area contributed by atoms with E-state index in [1.54, 1.807) is 18.3 Å². The summed E-state index contributed by atoms with van der Waals surface area (Å²) in [5.74, 6) is 0.745. The quantitative estimate of drug-likeness (QED) is 0.595. The number of nitrogens with one attached hydrogen (secondary N) is 2. The van der Waals surface area contributed by atoms with E-state index in [2.05, 4.69) is 41.5 Å². The van der Waals surface area contributed by atoms with Gasteiger partial charge in [0.15, 0.2) is 0 Å². The highest BCUT2D eigenvalue weighted by molar-refractivity contribution is 9.10. The Labute approximate surface area is 135 Å². The zero-order valence-electron chi connectivity index (χ0n) is 12.1. The number of nitro groups is 1. The summed E-state index contributed by atoms with van der Waals surface area (Å²) in [6.07, 6.45) is 3.69. The van der Waals surface area contributed by atoms with Crippen LogP contribution in [-0.4, -0.2) is 25.9 Å². The molecule has 0 amide bonds. The zero-order chi connectivity index (χ0) is 16.1. The molecule has 2 aromatic rings. The second-order valence-corrected chi connectivity index (χ2v) is 5.53. The van der Waals surface area contributed by atoms with Crippen LogP contribution >= 0.6 is 15.9 Å². The van der Waals surface area contributed by atoms with Gasteiger partial charge in [0.25, 0.3) is 0 Å². The van der Waals surface area contributed by atoms with E-state index in [1.807, 2.05) is 13.8 Å². The van der Waals surface area contributed by atoms with Gasteiger partial charge >= 0.3 is 5.69 Å². The molecule has 0 aromatic carbocycles. The van der Waals surface area contributed by atoms with Crippen LogP contribution in [0.2, 0.25) is 0 Å². The van der Waals surface area contributed by atoms with E-state index >= 15 is 0 Å². The van der Waals surface area contributed by atoms with Gasteiger partial charge in [0, 0.05) is 16.7 Å². The number of nitrogens with zero attached hydrogens (tertiary/aromatic N) is 4. The largest absolute Gasteiger partial charge is 0.362 e. The molecule has 0 fully saturated rings. The van der Waals surface area contributed by atoms with Gasteiger partial charge < -0.3 is 10.6 Å². The van der Waals surface area contributed by atoms with Crippen molar-refractivity contribution < 1.29 is 4.92 Å². The molecule has 2 aromatic heterocycles. The lowest BCUT2D eigenvalue weighted by atomic mass is 10.2. The molecule has 116 valence electrons. The summed E-state index contributed by atoms with van der Waals surface area (Å²) in [5.41, 5.74) is -0.201. The summed E-state index contributed by atoms with van der Waals surface area (Å²) in [7, 11) is 0. The minimum atomic E-state index is -0.508. The lowest BCUT2D eigenvalue weighted by Crippen LogP contribution is -2.16. The monoisotopic (exact) mass is 366 g/mol. The average molecular weight is 367 g/mol. The third-order valence-corrected chi connectivity index (χ3v) is 3.44. The molecule has 0 saturated heterocycles. The molecule has 2 heterocycles. The van der Waals surface area contributed by atoms with Crippen molar-refractivity contribution in [3.63, 3.8) is 0 Å². The highest BCUT2D eigenvalue weighted by Gasteiger charge is 2.24. The van der Waals surface area contributed by atoms with Gasteiger partial charge in [0.2, 0.25) is 11.6 Å². The highest BCUT2D eigenvalue weighted by atomic mass is 79.9. The van der Waals surface area contributed by atoms with Crippen LogP contribution in [0.25, 0.3) is 0 Å². The molecule has 0 aliphatic carbocycles. The van der Waals surface area contributed by atoms with Crippen LogP contribution in [-0.2, 0) is 0 Å². The van der Waals surface area contributed by atoms with Crippen molar-refractivity contribution in [2.45, 2.75) is 26.3 Å². The zero-order valence-corrected chi connectivity index (χ0v) is 13.7. The lowest BCUT2D eigenvalue weighted by molar-refractivity contribution is -0.383. The Morgan fingerprint density at radius 1 is 1.32 bits per heavy atom. The SMILES string of the molecule is CCC(C)Nc1ncnc(Nc2ccc(Br)cn2)c1[N+](=O)[O-]. The van der Waals surface area contributed by atoms with E-state index in [-0.39, 0.29) is 23.4 Å². The van der Waals surface area contributed by atoms with Crippen LogP contribution in [0.3, 0.4) is 0 Å². The Kier molecular flexibility index (Phi) is 5.21. The minimum absolute atomic E-state index is 0.0623. The number of rotatable bonds is 6. The molecule has 8 nitrogen and oxygen atoms in total. The fraction of sp³-hybridized carbons (Fsp3) is 0.308. The van der Waals surface area contributed by atoms with Crippen molar-refractivity contribution in [3.05, 3.63) is 39.2 Å². The van der Waals surface area contributed by atoms with Crippen molar-refractivity contribution in [1.29, 1.82) is 0 Å². The molecule has 0 bridgehead atoms. The van der Waals surface area contributed by atoms with Gasteiger partial charge in [-0.1, -0.05) is 6.92 Å². The van der Waals surface area contributed by atoms with Gasteiger partial charge in [0.1, 0.15) is 12.1 Å². The maximum absolute atomic E-state index is 11.4. The molecule has 9 heteroatoms. The van der Waals surface area contributed by atoms with E-state index in [9.17, 15) is 10.1 Å². The molecule has 0 aliphatic rings. The maximum atomic E-state index is 11.4. The summed E-state index contributed by atoms with van der Waals surface area (Å²) in [6, 6.07) is 3.53. The van der Waals surface area contributed by atoms with E-state index in [0.29, 0.717) is 5.82 Å². The fourth-order valence-corrected chi connectivity index (χ4v) is 1.89. The first-order chi connectivity index (χ1) is 10.5. The first kappa shape index (κ1) is 16.1. The number of pyridine rings is 1. The summed E-state index contributed by atoms with van der Waals surface area (Å²) < 4.78 is 0.814. The summed E-state index contributed by atoms with van der Waals surface area (Å²) in [6.45, 7) is 3.91. The number of aromatic nitrogens is 3. The van der Waals surface area contributed by atoms with E-state index < -0.39 is 4.92 Å². The highest BCUT2D eigenvalue weighted by Crippen LogP contribution is 2.31. The van der Waals surface area contributed by atoms with Crippen LogP contribution in [0.5, 0.6) is 0 Å². The standard InChI is InChI=1S/C13H15BrN6O2/c1-3-8(2)18-12-11(20(21)22)13(17-7-16-12)19-10-5-4-9(14)6-15-10/h4-8H,3H2,1-2H3,(H2,15,16,17,18,19). The van der Waals surface area contributed by atoms with E-state index in [1.165, 1.54) is 6.33 Å². The van der Waals surface area contributed by atoms with E-state index in [4.69, 9.17) is 0 Å². The second kappa shape index (κ2) is 7.12. The van der Waals surface area contributed by atoms with Crippen LogP contribution in [0.1, 0.15) is 20.3 Å². The van der Waals surface area contributed by atoms with Gasteiger partial charge in [-0.15, -0.1) is 0 Å². The Hall–Kier alpha value is -2.29. The van der Waals surface area contributed by atoms with Crippen LogP contribution < -0.4 is 10.6 Å². The first-order valence-electron chi connectivity index (χ1n) is 6.65. The second-order valence-electron chi connectivity index (χ2n) is 4.62. The fourth-order valence-electron chi connectivity index (χ4n) is 1.66. The predicted octanol–water partition coefficient (Wildman–Crippen LogP) is 3.50. The smallest absolute Gasteiger partial charge is 0.353 e. The van der Waals surface area contributed by atoms with Crippen LogP contribution in [0, 0.1) is 10.1 Å². The van der Waals surface area contributed by atoms with Crippen molar-refractivity contribution in [1.82, 2.24) is 15.0 Å². The topological polar surface area (TPSA) is 106 Å².